The number of rotatable bonds is 8. The van der Waals surface area contributed by atoms with Gasteiger partial charge in [0.1, 0.15) is 0 Å². The first-order valence-electron chi connectivity index (χ1n) is 7.38. The van der Waals surface area contributed by atoms with Gasteiger partial charge in [0.05, 0.1) is 11.4 Å². The van der Waals surface area contributed by atoms with Crippen molar-refractivity contribution in [3.63, 3.8) is 0 Å². The zero-order valence-electron chi connectivity index (χ0n) is 13.1. The van der Waals surface area contributed by atoms with Crippen LogP contribution >= 0.6 is 0 Å². The second-order valence-electron chi connectivity index (χ2n) is 5.79. The van der Waals surface area contributed by atoms with Gasteiger partial charge < -0.3 is 5.32 Å². The van der Waals surface area contributed by atoms with Gasteiger partial charge in [-0.15, -0.1) is 0 Å². The molecule has 0 aliphatic heterocycles. The van der Waals surface area contributed by atoms with Crippen molar-refractivity contribution in [2.24, 2.45) is 5.92 Å². The maximum atomic E-state index is 4.71. The summed E-state index contributed by atoms with van der Waals surface area (Å²) in [6, 6.07) is 6.91. The molecule has 0 saturated heterocycles. The van der Waals surface area contributed by atoms with E-state index in [2.05, 4.69) is 63.2 Å². The first-order chi connectivity index (χ1) is 9.02. The number of hydrogen-bond acceptors (Lipinski definition) is 3. The summed E-state index contributed by atoms with van der Waals surface area (Å²) in [5.74, 6) is 0.741. The Morgan fingerprint density at radius 1 is 1.21 bits per heavy atom. The Hall–Kier alpha value is -0.930. The Morgan fingerprint density at radius 3 is 2.53 bits per heavy atom. The molecule has 0 radical (unpaired) electrons. The summed E-state index contributed by atoms with van der Waals surface area (Å²) in [5.41, 5.74) is 2.29. The Balaban J connectivity index is 2.55. The molecular weight excluding hydrogens is 234 g/mol. The fraction of sp³-hybridized carbons (Fsp3) is 0.688. The van der Waals surface area contributed by atoms with Crippen LogP contribution in [0.2, 0.25) is 0 Å². The number of nitrogens with zero attached hydrogens (tertiary/aromatic N) is 2. The number of pyridine rings is 1. The van der Waals surface area contributed by atoms with Crippen molar-refractivity contribution in [1.82, 2.24) is 15.2 Å². The van der Waals surface area contributed by atoms with Crippen LogP contribution in [0.5, 0.6) is 0 Å². The smallest absolute Gasteiger partial charge is 0.0547 e. The topological polar surface area (TPSA) is 28.2 Å². The molecule has 0 amide bonds. The molecule has 1 aromatic heterocycles. The Bertz CT molecular complexity index is 363. The van der Waals surface area contributed by atoms with Gasteiger partial charge in [-0.3, -0.25) is 9.88 Å². The highest BCUT2D eigenvalue weighted by atomic mass is 15.1. The van der Waals surface area contributed by atoms with Crippen molar-refractivity contribution in [3.8, 4) is 0 Å². The molecule has 1 aromatic rings. The summed E-state index contributed by atoms with van der Waals surface area (Å²) in [7, 11) is 2.19. The molecule has 0 bridgehead atoms. The Morgan fingerprint density at radius 2 is 1.89 bits per heavy atom. The van der Waals surface area contributed by atoms with Gasteiger partial charge in [0.25, 0.3) is 0 Å². The molecule has 19 heavy (non-hydrogen) atoms. The van der Waals surface area contributed by atoms with Crippen molar-refractivity contribution in [2.45, 2.75) is 53.2 Å². The van der Waals surface area contributed by atoms with Gasteiger partial charge in [0, 0.05) is 19.1 Å². The average Bonchev–Trinajstić information content (AvgIpc) is 2.36. The van der Waals surface area contributed by atoms with Crippen LogP contribution in [-0.2, 0) is 13.1 Å². The van der Waals surface area contributed by atoms with Crippen LogP contribution in [0, 0.1) is 5.92 Å². The van der Waals surface area contributed by atoms with Crippen LogP contribution in [0.15, 0.2) is 18.2 Å². The summed E-state index contributed by atoms with van der Waals surface area (Å²) in [4.78, 5) is 7.10. The third-order valence-electron chi connectivity index (χ3n) is 3.40. The minimum Gasteiger partial charge on any atom is -0.311 e. The minimum atomic E-state index is 0.597. The van der Waals surface area contributed by atoms with Gasteiger partial charge in [-0.05, 0) is 45.0 Å². The molecule has 0 fully saturated rings. The summed E-state index contributed by atoms with van der Waals surface area (Å²) >= 11 is 0. The molecule has 0 aromatic carbocycles. The average molecular weight is 263 g/mol. The molecule has 1 N–H and O–H groups in total. The number of aromatic nitrogens is 1. The molecular formula is C16H29N3. The molecule has 0 aliphatic carbocycles. The van der Waals surface area contributed by atoms with Crippen LogP contribution in [0.4, 0.5) is 0 Å². The van der Waals surface area contributed by atoms with Crippen LogP contribution in [-0.4, -0.2) is 29.5 Å². The van der Waals surface area contributed by atoms with Crippen LogP contribution < -0.4 is 5.32 Å². The monoisotopic (exact) mass is 263 g/mol. The second-order valence-corrected chi connectivity index (χ2v) is 5.79. The molecule has 0 spiro atoms. The van der Waals surface area contributed by atoms with E-state index in [-0.39, 0.29) is 0 Å². The van der Waals surface area contributed by atoms with Gasteiger partial charge >= 0.3 is 0 Å². The largest absolute Gasteiger partial charge is 0.311 e. The number of nitrogens with one attached hydrogen (secondary N) is 1. The SMILES string of the molecule is CCNCc1cccc(CN(C)C(C)CC(C)C)n1. The van der Waals surface area contributed by atoms with E-state index in [9.17, 15) is 0 Å². The fourth-order valence-corrected chi connectivity index (χ4v) is 2.24. The first kappa shape index (κ1) is 16.1. The normalized spacial score (nSPS) is 13.2. The van der Waals surface area contributed by atoms with E-state index in [0.717, 1.165) is 36.9 Å². The van der Waals surface area contributed by atoms with Crippen LogP contribution in [0.25, 0.3) is 0 Å². The summed E-state index contributed by atoms with van der Waals surface area (Å²) < 4.78 is 0. The first-order valence-corrected chi connectivity index (χ1v) is 7.38. The fourth-order valence-electron chi connectivity index (χ4n) is 2.24. The second kappa shape index (κ2) is 8.28. The molecule has 0 saturated carbocycles. The lowest BCUT2D eigenvalue weighted by atomic mass is 10.0. The third-order valence-corrected chi connectivity index (χ3v) is 3.40. The zero-order valence-corrected chi connectivity index (χ0v) is 13.1. The van der Waals surface area contributed by atoms with Crippen molar-refractivity contribution in [1.29, 1.82) is 0 Å². The van der Waals surface area contributed by atoms with Gasteiger partial charge in [-0.2, -0.15) is 0 Å². The van der Waals surface area contributed by atoms with E-state index in [1.807, 2.05) is 0 Å². The lowest BCUT2D eigenvalue weighted by molar-refractivity contribution is 0.218. The lowest BCUT2D eigenvalue weighted by Gasteiger charge is -2.25. The Kier molecular flexibility index (Phi) is 7.03. The highest BCUT2D eigenvalue weighted by Gasteiger charge is 2.12. The molecule has 1 rings (SSSR count). The van der Waals surface area contributed by atoms with E-state index < -0.39 is 0 Å². The highest BCUT2D eigenvalue weighted by molar-refractivity contribution is 5.11. The molecule has 3 heteroatoms. The van der Waals surface area contributed by atoms with Crippen molar-refractivity contribution in [2.75, 3.05) is 13.6 Å². The molecule has 108 valence electrons. The summed E-state index contributed by atoms with van der Waals surface area (Å²) in [6.45, 7) is 11.7. The summed E-state index contributed by atoms with van der Waals surface area (Å²) in [6.07, 6.45) is 1.23. The quantitative estimate of drug-likeness (QED) is 0.781. The van der Waals surface area contributed by atoms with E-state index >= 15 is 0 Å². The molecule has 3 nitrogen and oxygen atoms in total. The standard InChI is InChI=1S/C16H29N3/c1-6-17-11-15-8-7-9-16(18-15)12-19(5)14(4)10-13(2)3/h7-9,13-14,17H,6,10-12H2,1-5H3. The number of hydrogen-bond donors (Lipinski definition) is 1. The maximum Gasteiger partial charge on any atom is 0.0547 e. The lowest BCUT2D eigenvalue weighted by Crippen LogP contribution is -2.30. The van der Waals surface area contributed by atoms with Gasteiger partial charge in [-0.25, -0.2) is 0 Å². The molecule has 1 unspecified atom stereocenters. The Labute approximate surface area is 118 Å². The van der Waals surface area contributed by atoms with E-state index in [1.54, 1.807) is 0 Å². The molecule has 1 atom stereocenters. The highest BCUT2D eigenvalue weighted by Crippen LogP contribution is 2.12. The summed E-state index contributed by atoms with van der Waals surface area (Å²) in [5, 5.41) is 3.32. The van der Waals surface area contributed by atoms with Gasteiger partial charge in [0.15, 0.2) is 0 Å². The molecule has 0 aliphatic rings. The van der Waals surface area contributed by atoms with E-state index in [0.29, 0.717) is 6.04 Å². The predicted octanol–water partition coefficient (Wildman–Crippen LogP) is 3.06. The predicted molar refractivity (Wildman–Crippen MR) is 82.0 cm³/mol. The van der Waals surface area contributed by atoms with Gasteiger partial charge in [0.2, 0.25) is 0 Å². The minimum absolute atomic E-state index is 0.597. The molecule has 1 heterocycles. The van der Waals surface area contributed by atoms with E-state index in [1.165, 1.54) is 6.42 Å². The van der Waals surface area contributed by atoms with E-state index in [4.69, 9.17) is 4.98 Å². The van der Waals surface area contributed by atoms with Crippen molar-refractivity contribution < 1.29 is 0 Å². The maximum absolute atomic E-state index is 4.71. The van der Waals surface area contributed by atoms with Crippen LogP contribution in [0.3, 0.4) is 0 Å². The van der Waals surface area contributed by atoms with Gasteiger partial charge in [-0.1, -0.05) is 26.8 Å². The van der Waals surface area contributed by atoms with Crippen LogP contribution in [0.1, 0.15) is 45.5 Å². The third kappa shape index (κ3) is 6.17. The van der Waals surface area contributed by atoms with Crippen molar-refractivity contribution >= 4 is 0 Å². The van der Waals surface area contributed by atoms with Crippen molar-refractivity contribution in [3.05, 3.63) is 29.6 Å². The zero-order chi connectivity index (χ0) is 14.3.